The summed E-state index contributed by atoms with van der Waals surface area (Å²) in [6.45, 7) is 8.10. The van der Waals surface area contributed by atoms with Gasteiger partial charge in [-0.25, -0.2) is 4.79 Å². The fraction of sp³-hybridized carbons (Fsp3) is 0.783. The number of nitrogens with zero attached hydrogens (tertiary/aromatic N) is 3. The van der Waals surface area contributed by atoms with Gasteiger partial charge < -0.3 is 19.7 Å². The van der Waals surface area contributed by atoms with E-state index in [1.165, 1.54) is 5.06 Å². The minimum Gasteiger partial charge on any atom is -0.457 e. The van der Waals surface area contributed by atoms with Crippen LogP contribution in [0.2, 0.25) is 0 Å². The van der Waals surface area contributed by atoms with Crippen molar-refractivity contribution >= 4 is 18.1 Å². The molecule has 174 valence electrons. The Balaban J connectivity index is 1.55. The second kappa shape index (κ2) is 9.28. The highest BCUT2D eigenvalue weighted by atomic mass is 16.6. The third-order valence-corrected chi connectivity index (χ3v) is 6.68. The number of hydroxylamine groups is 2. The van der Waals surface area contributed by atoms with Crippen molar-refractivity contribution in [1.82, 2.24) is 9.96 Å². The van der Waals surface area contributed by atoms with Crippen molar-refractivity contribution in [2.45, 2.75) is 96.4 Å². The summed E-state index contributed by atoms with van der Waals surface area (Å²) >= 11 is 0. The molecule has 1 saturated heterocycles. The van der Waals surface area contributed by atoms with Crippen LogP contribution in [0, 0.1) is 5.41 Å². The first-order valence-corrected chi connectivity index (χ1v) is 11.3. The number of hydrogen-bond donors (Lipinski definition) is 1. The molecule has 3 atom stereocenters. The predicted octanol–water partition coefficient (Wildman–Crippen LogP) is 3.29. The third kappa shape index (κ3) is 5.86. The first kappa shape index (κ1) is 23.7. The molecule has 0 aromatic carbocycles. The van der Waals surface area contributed by atoms with Gasteiger partial charge in [0.2, 0.25) is 6.41 Å². The molecule has 2 fully saturated rings. The number of carbonyl (C=O) groups excluding carboxylic acids is 2. The van der Waals surface area contributed by atoms with Gasteiger partial charge >= 0.3 is 5.97 Å². The quantitative estimate of drug-likeness (QED) is 0.272. The number of hydrogen-bond acceptors (Lipinski definition) is 7. The Bertz CT molecular complexity index is 736. The van der Waals surface area contributed by atoms with Crippen molar-refractivity contribution in [2.24, 2.45) is 10.6 Å². The summed E-state index contributed by atoms with van der Waals surface area (Å²) in [5.74, 6) is -0.310. The van der Waals surface area contributed by atoms with Crippen molar-refractivity contribution < 1.29 is 24.4 Å². The molecule has 2 heterocycles. The van der Waals surface area contributed by atoms with Crippen LogP contribution in [0.25, 0.3) is 0 Å². The number of likely N-dealkylation sites (N-methyl/N-ethyl adjacent to an activating group) is 1. The Morgan fingerprint density at radius 3 is 2.68 bits per heavy atom. The number of rotatable bonds is 8. The van der Waals surface area contributed by atoms with E-state index in [9.17, 15) is 14.8 Å². The van der Waals surface area contributed by atoms with Crippen LogP contribution in [-0.4, -0.2) is 70.6 Å². The van der Waals surface area contributed by atoms with E-state index in [-0.39, 0.29) is 29.6 Å². The van der Waals surface area contributed by atoms with Crippen LogP contribution >= 0.6 is 0 Å². The zero-order chi connectivity index (χ0) is 22.8. The van der Waals surface area contributed by atoms with Gasteiger partial charge in [0.15, 0.2) is 0 Å². The van der Waals surface area contributed by atoms with Crippen LogP contribution in [0.3, 0.4) is 0 Å². The largest absolute Gasteiger partial charge is 0.457 e. The van der Waals surface area contributed by atoms with Crippen LogP contribution in [0.1, 0.15) is 72.6 Å². The number of allylic oxidation sites excluding steroid dienone is 1. The van der Waals surface area contributed by atoms with Crippen molar-refractivity contribution in [3.8, 4) is 0 Å². The molecule has 31 heavy (non-hydrogen) atoms. The number of amides is 1. The SMILES string of the molecule is CC/C(=C/C(=O)OC(C)(C)C)CCC1CC([C@@H]2CC3(CC3)[C@@H](N(C)O)CN2C=O)=NO1. The molecule has 1 amide bonds. The molecule has 8 heteroatoms. The Hall–Kier alpha value is -1.93. The number of likely N-dealkylation sites (tertiary alicyclic amines) is 1. The topological polar surface area (TPSA) is 91.7 Å². The monoisotopic (exact) mass is 435 g/mol. The van der Waals surface area contributed by atoms with Crippen molar-refractivity contribution in [1.29, 1.82) is 0 Å². The van der Waals surface area contributed by atoms with E-state index < -0.39 is 5.60 Å². The average molecular weight is 436 g/mol. The van der Waals surface area contributed by atoms with Crippen LogP contribution in [0.5, 0.6) is 0 Å². The number of ether oxygens (including phenoxy) is 1. The molecule has 1 N–H and O–H groups in total. The van der Waals surface area contributed by atoms with Gasteiger partial charge in [-0.15, -0.1) is 0 Å². The molecule has 0 radical (unpaired) electrons. The minimum atomic E-state index is -0.503. The molecule has 8 nitrogen and oxygen atoms in total. The van der Waals surface area contributed by atoms with E-state index in [2.05, 4.69) is 5.16 Å². The minimum absolute atomic E-state index is 0.0298. The highest BCUT2D eigenvalue weighted by Gasteiger charge is 2.57. The lowest BCUT2D eigenvalue weighted by atomic mass is 9.81. The highest BCUT2D eigenvalue weighted by Crippen LogP contribution is 2.56. The van der Waals surface area contributed by atoms with Gasteiger partial charge in [-0.1, -0.05) is 17.7 Å². The standard InChI is InChI=1S/C23H37N3O5/c1-6-16(11-21(28)30-22(2,3)4)7-8-17-12-18(24-31-17)19-13-23(9-10-23)20(25(5)29)14-26(19)15-27/h11,15,17,19-20,29H,6-10,12-14H2,1-5H3/b16-11-/t17?,19-,20-/m0/s1. The van der Waals surface area contributed by atoms with Gasteiger partial charge in [0.1, 0.15) is 11.7 Å². The summed E-state index contributed by atoms with van der Waals surface area (Å²) in [7, 11) is 1.66. The van der Waals surface area contributed by atoms with Crippen LogP contribution < -0.4 is 0 Å². The zero-order valence-electron chi connectivity index (χ0n) is 19.5. The fourth-order valence-corrected chi connectivity index (χ4v) is 4.79. The maximum Gasteiger partial charge on any atom is 0.331 e. The normalized spacial score (nSPS) is 27.8. The molecule has 3 aliphatic rings. The fourth-order valence-electron chi connectivity index (χ4n) is 4.79. The maximum atomic E-state index is 12.1. The van der Waals surface area contributed by atoms with Crippen LogP contribution in [-0.2, 0) is 19.2 Å². The molecule has 1 saturated carbocycles. The van der Waals surface area contributed by atoms with Crippen LogP contribution in [0.15, 0.2) is 16.8 Å². The Morgan fingerprint density at radius 1 is 1.42 bits per heavy atom. The number of piperidine rings is 1. The molecule has 3 rings (SSSR count). The van der Waals surface area contributed by atoms with Gasteiger partial charge in [-0.3, -0.25) is 4.79 Å². The summed E-state index contributed by atoms with van der Waals surface area (Å²) in [6, 6.07) is -0.0954. The second-order valence-electron chi connectivity index (χ2n) is 10.2. The third-order valence-electron chi connectivity index (χ3n) is 6.68. The lowest BCUT2D eigenvalue weighted by molar-refractivity contribution is -0.151. The average Bonchev–Trinajstić information content (AvgIpc) is 3.28. The summed E-state index contributed by atoms with van der Waals surface area (Å²) in [6.07, 6.45) is 8.33. The maximum absolute atomic E-state index is 12.1. The first-order chi connectivity index (χ1) is 14.6. The Kier molecular flexibility index (Phi) is 7.11. The first-order valence-electron chi connectivity index (χ1n) is 11.3. The van der Waals surface area contributed by atoms with Crippen LogP contribution in [0.4, 0.5) is 0 Å². The molecule has 0 aromatic heterocycles. The number of carbonyl (C=O) groups is 2. The molecule has 0 bridgehead atoms. The molecule has 1 unspecified atom stereocenters. The van der Waals surface area contributed by atoms with E-state index in [1.807, 2.05) is 27.7 Å². The molecule has 1 aliphatic carbocycles. The Morgan fingerprint density at radius 2 is 2.13 bits per heavy atom. The van der Waals surface area contributed by atoms with E-state index in [0.29, 0.717) is 13.0 Å². The van der Waals surface area contributed by atoms with Gasteiger partial charge in [-0.05, 0) is 64.7 Å². The van der Waals surface area contributed by atoms with Gasteiger partial charge in [0.25, 0.3) is 0 Å². The molecule has 2 aliphatic heterocycles. The summed E-state index contributed by atoms with van der Waals surface area (Å²) in [5.41, 5.74) is 1.51. The smallest absolute Gasteiger partial charge is 0.331 e. The van der Waals surface area contributed by atoms with Gasteiger partial charge in [0, 0.05) is 26.1 Å². The van der Waals surface area contributed by atoms with Gasteiger partial charge in [0.05, 0.1) is 17.8 Å². The summed E-state index contributed by atoms with van der Waals surface area (Å²) in [5, 5.41) is 15.6. The molecule has 0 aromatic rings. The zero-order valence-corrected chi connectivity index (χ0v) is 19.5. The number of oxime groups is 1. The van der Waals surface area contributed by atoms with E-state index in [4.69, 9.17) is 9.57 Å². The molecular formula is C23H37N3O5. The predicted molar refractivity (Wildman–Crippen MR) is 117 cm³/mol. The van der Waals surface area contributed by atoms with Crippen molar-refractivity contribution in [2.75, 3.05) is 13.6 Å². The summed E-state index contributed by atoms with van der Waals surface area (Å²) in [4.78, 5) is 31.3. The van der Waals surface area contributed by atoms with E-state index in [1.54, 1.807) is 18.0 Å². The Labute approximate surface area is 185 Å². The molecule has 1 spiro atoms. The lowest BCUT2D eigenvalue weighted by Gasteiger charge is -2.44. The lowest BCUT2D eigenvalue weighted by Crippen LogP contribution is -2.57. The highest BCUT2D eigenvalue weighted by molar-refractivity contribution is 5.92. The van der Waals surface area contributed by atoms with E-state index in [0.717, 1.165) is 56.2 Å². The van der Waals surface area contributed by atoms with E-state index >= 15 is 0 Å². The van der Waals surface area contributed by atoms with Gasteiger partial charge in [-0.2, -0.15) is 5.06 Å². The number of esters is 1. The van der Waals surface area contributed by atoms with Crippen molar-refractivity contribution in [3.63, 3.8) is 0 Å². The molecular weight excluding hydrogens is 398 g/mol. The van der Waals surface area contributed by atoms with Crippen molar-refractivity contribution in [3.05, 3.63) is 11.6 Å². The second-order valence-corrected chi connectivity index (χ2v) is 10.2. The summed E-state index contributed by atoms with van der Waals surface area (Å²) < 4.78 is 5.38.